The van der Waals surface area contributed by atoms with E-state index >= 15 is 0 Å². The molecular formula is C19H20N2OS. The number of thiazole rings is 1. The number of rotatable bonds is 3. The highest BCUT2D eigenvalue weighted by Crippen LogP contribution is 2.27. The Labute approximate surface area is 140 Å². The van der Waals surface area contributed by atoms with Crippen LogP contribution in [0.25, 0.3) is 10.2 Å². The molecule has 0 aliphatic rings. The van der Waals surface area contributed by atoms with E-state index in [-0.39, 0.29) is 5.91 Å². The Morgan fingerprint density at radius 3 is 2.43 bits per heavy atom. The summed E-state index contributed by atoms with van der Waals surface area (Å²) in [7, 11) is 0. The van der Waals surface area contributed by atoms with E-state index in [9.17, 15) is 4.79 Å². The number of carbonyl (C=O) groups excluding carboxylic acids is 1. The van der Waals surface area contributed by atoms with Crippen molar-refractivity contribution in [2.24, 2.45) is 0 Å². The van der Waals surface area contributed by atoms with Gasteiger partial charge in [0.15, 0.2) is 5.13 Å². The standard InChI is InChI=1S/C19H20N2OS/c1-11-5-6-16-17(9-11)23-19(20-16)21-18(22)10-15-13(3)7-12(2)8-14(15)4/h5-9H,10H2,1-4H3,(H,20,21,22). The van der Waals surface area contributed by atoms with Gasteiger partial charge < -0.3 is 5.32 Å². The van der Waals surface area contributed by atoms with Crippen LogP contribution in [0, 0.1) is 27.7 Å². The second kappa shape index (κ2) is 6.13. The second-order valence-corrected chi connectivity index (χ2v) is 7.12. The molecule has 0 bridgehead atoms. The number of hydrogen-bond acceptors (Lipinski definition) is 3. The molecule has 0 fully saturated rings. The average Bonchev–Trinajstić information content (AvgIpc) is 2.84. The number of hydrogen-bond donors (Lipinski definition) is 1. The van der Waals surface area contributed by atoms with Crippen LogP contribution in [0.4, 0.5) is 5.13 Å². The molecule has 0 unspecified atom stereocenters. The molecular weight excluding hydrogens is 304 g/mol. The van der Waals surface area contributed by atoms with E-state index in [0.717, 1.165) is 26.9 Å². The maximum Gasteiger partial charge on any atom is 0.230 e. The molecule has 3 nitrogen and oxygen atoms in total. The molecule has 0 spiro atoms. The van der Waals surface area contributed by atoms with E-state index in [4.69, 9.17) is 0 Å². The Balaban J connectivity index is 1.78. The largest absolute Gasteiger partial charge is 0.302 e. The van der Waals surface area contributed by atoms with Crippen LogP contribution in [0.1, 0.15) is 27.8 Å². The lowest BCUT2D eigenvalue weighted by Crippen LogP contribution is -2.15. The van der Waals surface area contributed by atoms with Gasteiger partial charge in [0.05, 0.1) is 16.6 Å². The fourth-order valence-electron chi connectivity index (χ4n) is 2.90. The first-order valence-corrected chi connectivity index (χ1v) is 8.48. The molecule has 3 rings (SSSR count). The molecule has 0 radical (unpaired) electrons. The fraction of sp³-hybridized carbons (Fsp3) is 0.263. The Kier molecular flexibility index (Phi) is 4.18. The van der Waals surface area contributed by atoms with E-state index in [1.165, 1.54) is 22.5 Å². The van der Waals surface area contributed by atoms with Gasteiger partial charge in [-0.3, -0.25) is 4.79 Å². The summed E-state index contributed by atoms with van der Waals surface area (Å²) in [4.78, 5) is 16.9. The normalized spacial score (nSPS) is 11.0. The van der Waals surface area contributed by atoms with Crippen LogP contribution in [-0.4, -0.2) is 10.9 Å². The maximum atomic E-state index is 12.4. The Hall–Kier alpha value is -2.20. The first kappa shape index (κ1) is 15.7. The lowest BCUT2D eigenvalue weighted by atomic mass is 9.97. The van der Waals surface area contributed by atoms with Crippen molar-refractivity contribution in [2.75, 3.05) is 5.32 Å². The van der Waals surface area contributed by atoms with E-state index in [0.29, 0.717) is 11.6 Å². The van der Waals surface area contributed by atoms with Crippen molar-refractivity contribution in [3.05, 3.63) is 58.1 Å². The molecule has 118 valence electrons. The van der Waals surface area contributed by atoms with Gasteiger partial charge in [0, 0.05) is 0 Å². The van der Waals surface area contributed by atoms with E-state index in [2.05, 4.69) is 56.2 Å². The smallest absolute Gasteiger partial charge is 0.230 e. The van der Waals surface area contributed by atoms with Crippen LogP contribution in [-0.2, 0) is 11.2 Å². The van der Waals surface area contributed by atoms with Gasteiger partial charge in [-0.15, -0.1) is 0 Å². The summed E-state index contributed by atoms with van der Waals surface area (Å²) in [6, 6.07) is 10.4. The van der Waals surface area contributed by atoms with Gasteiger partial charge in [-0.05, 0) is 62.1 Å². The van der Waals surface area contributed by atoms with Gasteiger partial charge in [0.25, 0.3) is 0 Å². The monoisotopic (exact) mass is 324 g/mol. The molecule has 0 saturated heterocycles. The van der Waals surface area contributed by atoms with Crippen LogP contribution in [0.3, 0.4) is 0 Å². The third-order valence-electron chi connectivity index (χ3n) is 3.97. The zero-order valence-corrected chi connectivity index (χ0v) is 14.7. The summed E-state index contributed by atoms with van der Waals surface area (Å²) in [6.07, 6.45) is 0.382. The molecule has 2 aromatic carbocycles. The quantitative estimate of drug-likeness (QED) is 0.758. The molecule has 0 aliphatic heterocycles. The highest BCUT2D eigenvalue weighted by Gasteiger charge is 2.12. The number of aryl methyl sites for hydroxylation is 4. The third-order valence-corrected chi connectivity index (χ3v) is 4.90. The third kappa shape index (κ3) is 3.42. The van der Waals surface area contributed by atoms with Gasteiger partial charge >= 0.3 is 0 Å². The molecule has 0 aliphatic carbocycles. The zero-order chi connectivity index (χ0) is 16.6. The second-order valence-electron chi connectivity index (χ2n) is 6.09. The predicted octanol–water partition coefficient (Wildman–Crippen LogP) is 4.71. The van der Waals surface area contributed by atoms with Gasteiger partial charge in [-0.2, -0.15) is 0 Å². The van der Waals surface area contributed by atoms with Crippen molar-refractivity contribution in [3.8, 4) is 0 Å². The van der Waals surface area contributed by atoms with Crippen molar-refractivity contribution in [1.29, 1.82) is 0 Å². The molecule has 1 N–H and O–H groups in total. The summed E-state index contributed by atoms with van der Waals surface area (Å²) in [6.45, 7) is 8.25. The number of anilines is 1. The highest BCUT2D eigenvalue weighted by atomic mass is 32.1. The van der Waals surface area contributed by atoms with Crippen LogP contribution in [0.2, 0.25) is 0 Å². The zero-order valence-electron chi connectivity index (χ0n) is 13.9. The van der Waals surface area contributed by atoms with Crippen LogP contribution < -0.4 is 5.32 Å². The van der Waals surface area contributed by atoms with E-state index < -0.39 is 0 Å². The van der Waals surface area contributed by atoms with Crippen LogP contribution in [0.15, 0.2) is 30.3 Å². The number of aromatic nitrogens is 1. The van der Waals surface area contributed by atoms with Gasteiger partial charge in [0.2, 0.25) is 5.91 Å². The summed E-state index contributed by atoms with van der Waals surface area (Å²) in [5.74, 6) is -0.0177. The van der Waals surface area contributed by atoms with Crippen molar-refractivity contribution < 1.29 is 4.79 Å². The first-order chi connectivity index (χ1) is 10.9. The molecule has 0 saturated carbocycles. The number of fused-ring (bicyclic) bond motifs is 1. The number of nitrogens with one attached hydrogen (secondary N) is 1. The van der Waals surface area contributed by atoms with Gasteiger partial charge in [-0.1, -0.05) is 35.1 Å². The first-order valence-electron chi connectivity index (χ1n) is 7.66. The molecule has 1 aromatic heterocycles. The minimum Gasteiger partial charge on any atom is -0.302 e. The molecule has 0 atom stereocenters. The summed E-state index contributed by atoms with van der Waals surface area (Å²) in [5, 5.41) is 3.60. The Morgan fingerprint density at radius 1 is 1.04 bits per heavy atom. The predicted molar refractivity (Wildman–Crippen MR) is 97.3 cm³/mol. The maximum absolute atomic E-state index is 12.4. The molecule has 4 heteroatoms. The lowest BCUT2D eigenvalue weighted by Gasteiger charge is -2.10. The SMILES string of the molecule is Cc1cc(C)c(CC(=O)Nc2nc3ccc(C)cc3s2)c(C)c1. The highest BCUT2D eigenvalue weighted by molar-refractivity contribution is 7.22. The van der Waals surface area contributed by atoms with Gasteiger partial charge in [-0.25, -0.2) is 4.98 Å². The number of amides is 1. The van der Waals surface area contributed by atoms with E-state index in [1.54, 1.807) is 0 Å². The minimum atomic E-state index is -0.0177. The molecule has 3 aromatic rings. The number of carbonyl (C=O) groups is 1. The molecule has 1 heterocycles. The Morgan fingerprint density at radius 2 is 1.74 bits per heavy atom. The average molecular weight is 324 g/mol. The minimum absolute atomic E-state index is 0.0177. The summed E-state index contributed by atoms with van der Waals surface area (Å²) >= 11 is 1.52. The summed E-state index contributed by atoms with van der Waals surface area (Å²) in [5.41, 5.74) is 6.79. The lowest BCUT2D eigenvalue weighted by molar-refractivity contribution is -0.115. The van der Waals surface area contributed by atoms with E-state index in [1.807, 2.05) is 12.1 Å². The summed E-state index contributed by atoms with van der Waals surface area (Å²) < 4.78 is 1.10. The van der Waals surface area contributed by atoms with Crippen molar-refractivity contribution in [3.63, 3.8) is 0 Å². The fourth-order valence-corrected chi connectivity index (χ4v) is 3.88. The Bertz CT molecular complexity index is 873. The van der Waals surface area contributed by atoms with Crippen LogP contribution >= 0.6 is 11.3 Å². The molecule has 1 amide bonds. The van der Waals surface area contributed by atoms with Crippen molar-refractivity contribution >= 4 is 32.6 Å². The van der Waals surface area contributed by atoms with Crippen molar-refractivity contribution in [2.45, 2.75) is 34.1 Å². The van der Waals surface area contributed by atoms with Gasteiger partial charge in [0.1, 0.15) is 0 Å². The number of benzene rings is 2. The topological polar surface area (TPSA) is 42.0 Å². The van der Waals surface area contributed by atoms with Crippen LogP contribution in [0.5, 0.6) is 0 Å². The van der Waals surface area contributed by atoms with Crippen molar-refractivity contribution in [1.82, 2.24) is 4.98 Å². The molecule has 23 heavy (non-hydrogen) atoms. The number of nitrogens with zero attached hydrogens (tertiary/aromatic N) is 1.